The average Bonchev–Trinajstić information content (AvgIpc) is 2.36. The smallest absolute Gasteiger partial charge is 0.342 e. The lowest BCUT2D eigenvalue weighted by atomic mass is 10.2. The van der Waals surface area contributed by atoms with Gasteiger partial charge < -0.3 is 10.4 Å². The molecule has 3 N–H and O–H groups in total. The van der Waals surface area contributed by atoms with Crippen molar-refractivity contribution in [1.29, 1.82) is 0 Å². The topological polar surface area (TPSA) is 152 Å². The van der Waals surface area contributed by atoms with E-state index in [1.807, 2.05) is 0 Å². The van der Waals surface area contributed by atoms with Crippen LogP contribution in [0.5, 0.6) is 0 Å². The van der Waals surface area contributed by atoms with Crippen LogP contribution in [0.15, 0.2) is 12.3 Å². The minimum Gasteiger partial charge on any atom is -0.477 e. The summed E-state index contributed by atoms with van der Waals surface area (Å²) in [6, 6.07) is 1.06. The molecule has 0 saturated heterocycles. The largest absolute Gasteiger partial charge is 0.477 e. The van der Waals surface area contributed by atoms with Gasteiger partial charge in [0, 0.05) is 19.2 Å². The van der Waals surface area contributed by atoms with Gasteiger partial charge in [-0.25, -0.2) is 22.9 Å². The highest BCUT2D eigenvalue weighted by molar-refractivity contribution is 7.88. The van der Waals surface area contributed by atoms with Crippen LogP contribution in [-0.4, -0.2) is 48.7 Å². The molecule has 10 nitrogen and oxygen atoms in total. The number of carboxylic acid groups (broad SMARTS) is 1. The normalized spacial score (nSPS) is 11.1. The molecule has 1 aromatic heterocycles. The fourth-order valence-corrected chi connectivity index (χ4v) is 1.94. The van der Waals surface area contributed by atoms with Crippen molar-refractivity contribution >= 4 is 27.5 Å². The van der Waals surface area contributed by atoms with Crippen molar-refractivity contribution in [3.8, 4) is 0 Å². The fraction of sp³-hybridized carbons (Fsp3) is 0.400. The molecule has 1 rings (SSSR count). The predicted molar refractivity (Wildman–Crippen MR) is 73.8 cm³/mol. The molecule has 0 atom stereocenters. The van der Waals surface area contributed by atoms with Crippen molar-refractivity contribution in [2.75, 3.05) is 24.7 Å². The van der Waals surface area contributed by atoms with Crippen molar-refractivity contribution in [2.45, 2.75) is 6.42 Å². The zero-order chi connectivity index (χ0) is 16.0. The monoisotopic (exact) mass is 318 g/mol. The zero-order valence-electron chi connectivity index (χ0n) is 11.1. The van der Waals surface area contributed by atoms with Crippen molar-refractivity contribution in [3.05, 3.63) is 27.9 Å². The molecular formula is C10H14N4O6S. The van der Waals surface area contributed by atoms with E-state index in [0.29, 0.717) is 13.0 Å². The number of rotatable bonds is 8. The van der Waals surface area contributed by atoms with E-state index in [0.717, 1.165) is 18.5 Å². The van der Waals surface area contributed by atoms with Crippen LogP contribution in [-0.2, 0) is 10.0 Å². The lowest BCUT2D eigenvalue weighted by Crippen LogP contribution is -2.24. The Morgan fingerprint density at radius 3 is 2.67 bits per heavy atom. The Bertz CT molecular complexity index is 645. The number of aromatic carboxylic acids is 1. The molecule has 1 aromatic rings. The van der Waals surface area contributed by atoms with Crippen LogP contribution in [0.2, 0.25) is 0 Å². The van der Waals surface area contributed by atoms with Crippen LogP contribution in [0.25, 0.3) is 0 Å². The minimum atomic E-state index is -3.25. The molecule has 0 spiro atoms. The summed E-state index contributed by atoms with van der Waals surface area (Å²) in [5.74, 6) is -1.26. The van der Waals surface area contributed by atoms with Gasteiger partial charge in [0.2, 0.25) is 10.0 Å². The Morgan fingerprint density at radius 1 is 1.48 bits per heavy atom. The minimum absolute atomic E-state index is 0.164. The molecule has 0 aliphatic carbocycles. The first-order valence-corrected chi connectivity index (χ1v) is 7.66. The number of nitro groups is 1. The standard InChI is InChI=1S/C10H14N4O6S/c1-21(19,20)13-4-2-3-11-9-5-7(10(15)16)8(6-12-9)14(17)18/h5-6,13H,2-4H2,1H3,(H,11,12)(H,15,16). The van der Waals surface area contributed by atoms with Gasteiger partial charge in [0.1, 0.15) is 17.6 Å². The van der Waals surface area contributed by atoms with Crippen LogP contribution < -0.4 is 10.0 Å². The van der Waals surface area contributed by atoms with Gasteiger partial charge in [-0.1, -0.05) is 0 Å². The quantitative estimate of drug-likeness (QED) is 0.345. The summed E-state index contributed by atoms with van der Waals surface area (Å²) in [4.78, 5) is 24.5. The molecule has 0 amide bonds. The third kappa shape index (κ3) is 5.71. The molecule has 0 aliphatic rings. The van der Waals surface area contributed by atoms with Gasteiger partial charge in [-0.05, 0) is 6.42 Å². The number of carboxylic acids is 1. The Labute approximate surface area is 120 Å². The lowest BCUT2D eigenvalue weighted by molar-refractivity contribution is -0.385. The summed E-state index contributed by atoms with van der Waals surface area (Å²) in [7, 11) is -3.25. The third-order valence-electron chi connectivity index (χ3n) is 2.33. The van der Waals surface area contributed by atoms with E-state index < -0.39 is 32.2 Å². The molecule has 0 aromatic carbocycles. The van der Waals surface area contributed by atoms with E-state index in [1.54, 1.807) is 0 Å². The van der Waals surface area contributed by atoms with E-state index in [4.69, 9.17) is 5.11 Å². The summed E-state index contributed by atoms with van der Waals surface area (Å²) < 4.78 is 23.9. The summed E-state index contributed by atoms with van der Waals surface area (Å²) in [5.41, 5.74) is -1.06. The summed E-state index contributed by atoms with van der Waals surface area (Å²) in [6.45, 7) is 0.539. The molecule has 21 heavy (non-hydrogen) atoms. The zero-order valence-corrected chi connectivity index (χ0v) is 11.9. The maximum absolute atomic E-state index is 10.9. The summed E-state index contributed by atoms with van der Waals surface area (Å²) in [6.07, 6.45) is 2.34. The van der Waals surface area contributed by atoms with Crippen molar-refractivity contribution in [3.63, 3.8) is 0 Å². The van der Waals surface area contributed by atoms with E-state index >= 15 is 0 Å². The average molecular weight is 318 g/mol. The Morgan fingerprint density at radius 2 is 2.14 bits per heavy atom. The van der Waals surface area contributed by atoms with Crippen molar-refractivity contribution < 1.29 is 23.2 Å². The SMILES string of the molecule is CS(=O)(=O)NCCCNc1cc(C(=O)O)c([N+](=O)[O-])cn1. The van der Waals surface area contributed by atoms with Crippen LogP contribution in [0.1, 0.15) is 16.8 Å². The second kappa shape index (κ2) is 6.95. The highest BCUT2D eigenvalue weighted by atomic mass is 32.2. The van der Waals surface area contributed by atoms with E-state index in [-0.39, 0.29) is 12.4 Å². The molecule has 0 fully saturated rings. The Hall–Kier alpha value is -2.27. The molecule has 0 bridgehead atoms. The van der Waals surface area contributed by atoms with E-state index in [2.05, 4.69) is 15.0 Å². The number of aromatic nitrogens is 1. The van der Waals surface area contributed by atoms with Gasteiger partial charge in [-0.3, -0.25) is 10.1 Å². The number of sulfonamides is 1. The van der Waals surface area contributed by atoms with Crippen LogP contribution in [0, 0.1) is 10.1 Å². The molecule has 0 saturated carbocycles. The maximum Gasteiger partial charge on any atom is 0.342 e. The number of anilines is 1. The number of nitrogens with one attached hydrogen (secondary N) is 2. The Balaban J connectivity index is 2.63. The molecule has 11 heteroatoms. The van der Waals surface area contributed by atoms with Gasteiger partial charge in [0.05, 0.1) is 11.2 Å². The molecule has 116 valence electrons. The molecular weight excluding hydrogens is 304 g/mol. The number of pyridine rings is 1. The second-order valence-corrected chi connectivity index (χ2v) is 5.93. The van der Waals surface area contributed by atoms with Gasteiger partial charge in [0.15, 0.2) is 0 Å². The second-order valence-electron chi connectivity index (χ2n) is 4.10. The third-order valence-corrected chi connectivity index (χ3v) is 3.06. The van der Waals surface area contributed by atoms with E-state index in [9.17, 15) is 23.3 Å². The first-order valence-electron chi connectivity index (χ1n) is 5.77. The number of carbonyl (C=O) groups is 1. The molecule has 0 aliphatic heterocycles. The van der Waals surface area contributed by atoms with Crippen molar-refractivity contribution in [2.24, 2.45) is 0 Å². The highest BCUT2D eigenvalue weighted by Crippen LogP contribution is 2.20. The number of nitrogens with zero attached hydrogens (tertiary/aromatic N) is 2. The van der Waals surface area contributed by atoms with Crippen molar-refractivity contribution in [1.82, 2.24) is 9.71 Å². The highest BCUT2D eigenvalue weighted by Gasteiger charge is 2.20. The summed E-state index contributed by atoms with van der Waals surface area (Å²) in [5, 5.41) is 22.3. The predicted octanol–water partition coefficient (Wildman–Crippen LogP) is 0.0392. The first kappa shape index (κ1) is 16.8. The summed E-state index contributed by atoms with van der Waals surface area (Å²) >= 11 is 0. The number of hydrogen-bond acceptors (Lipinski definition) is 7. The first-order chi connectivity index (χ1) is 9.70. The Kier molecular flexibility index (Phi) is 5.55. The van der Waals surface area contributed by atoms with Crippen LogP contribution in [0.4, 0.5) is 11.5 Å². The lowest BCUT2D eigenvalue weighted by Gasteiger charge is -2.06. The molecule has 1 heterocycles. The van der Waals surface area contributed by atoms with Gasteiger partial charge in [0.25, 0.3) is 0 Å². The molecule has 0 radical (unpaired) electrons. The molecule has 0 unspecified atom stereocenters. The fourth-order valence-electron chi connectivity index (χ4n) is 1.42. The number of hydrogen-bond donors (Lipinski definition) is 3. The van der Waals surface area contributed by atoms with E-state index in [1.165, 1.54) is 0 Å². The van der Waals surface area contributed by atoms with Crippen LogP contribution in [0.3, 0.4) is 0 Å². The van der Waals surface area contributed by atoms with Gasteiger partial charge in [-0.15, -0.1) is 0 Å². The van der Waals surface area contributed by atoms with Gasteiger partial charge in [-0.2, -0.15) is 0 Å². The maximum atomic E-state index is 10.9. The van der Waals surface area contributed by atoms with Gasteiger partial charge >= 0.3 is 11.7 Å². The van der Waals surface area contributed by atoms with Crippen LogP contribution >= 0.6 is 0 Å².